The third-order valence-electron chi connectivity index (χ3n) is 1.70. The summed E-state index contributed by atoms with van der Waals surface area (Å²) < 4.78 is 0. The van der Waals surface area contributed by atoms with Gasteiger partial charge in [-0.25, -0.2) is 0 Å². The number of nitrogens with two attached hydrogens (primary N) is 1. The van der Waals surface area contributed by atoms with Gasteiger partial charge in [0.05, 0.1) is 11.2 Å². The Hall–Kier alpha value is -1.58. The lowest BCUT2D eigenvalue weighted by atomic mass is 10.2. The van der Waals surface area contributed by atoms with Gasteiger partial charge < -0.3 is 5.73 Å². The second kappa shape index (κ2) is 1.95. The van der Waals surface area contributed by atoms with Crippen LogP contribution < -0.4 is 5.73 Å². The van der Waals surface area contributed by atoms with Gasteiger partial charge in [0, 0.05) is 11.6 Å². The van der Waals surface area contributed by atoms with Crippen LogP contribution in [0.15, 0.2) is 12.3 Å². The maximum absolute atomic E-state index is 5.57. The summed E-state index contributed by atoms with van der Waals surface area (Å²) in [6, 6.07) is 1.85. The number of hydrogen-bond acceptors (Lipinski definition) is 3. The summed E-state index contributed by atoms with van der Waals surface area (Å²) in [5, 5.41) is 7.63. The molecule has 2 rings (SSSR count). The van der Waals surface area contributed by atoms with Gasteiger partial charge in [0.1, 0.15) is 0 Å². The molecule has 3 N–H and O–H groups in total. The van der Waals surface area contributed by atoms with Crippen LogP contribution in [0.5, 0.6) is 0 Å². The first kappa shape index (κ1) is 6.15. The quantitative estimate of drug-likeness (QED) is 0.582. The number of rotatable bonds is 0. The molecular formula is C7H8N4. The van der Waals surface area contributed by atoms with Crippen LogP contribution in [-0.4, -0.2) is 15.2 Å². The monoisotopic (exact) mass is 148 g/mol. The SMILES string of the molecule is Cc1nccc2c(N)n[nH]c12. The molecule has 2 aromatic heterocycles. The molecule has 0 aromatic carbocycles. The van der Waals surface area contributed by atoms with Gasteiger partial charge in [-0.1, -0.05) is 0 Å². The average Bonchev–Trinajstić information content (AvgIpc) is 2.35. The second-order valence-electron chi connectivity index (χ2n) is 2.43. The molecule has 56 valence electrons. The van der Waals surface area contributed by atoms with E-state index in [9.17, 15) is 0 Å². The Kier molecular flexibility index (Phi) is 1.09. The average molecular weight is 148 g/mol. The fraction of sp³-hybridized carbons (Fsp3) is 0.143. The van der Waals surface area contributed by atoms with Crippen molar-refractivity contribution in [3.05, 3.63) is 18.0 Å². The number of nitrogen functional groups attached to an aromatic ring is 1. The van der Waals surface area contributed by atoms with E-state index in [1.807, 2.05) is 13.0 Å². The summed E-state index contributed by atoms with van der Waals surface area (Å²) in [6.45, 7) is 1.92. The van der Waals surface area contributed by atoms with E-state index in [1.54, 1.807) is 6.20 Å². The maximum atomic E-state index is 5.57. The molecule has 0 fully saturated rings. The largest absolute Gasteiger partial charge is 0.382 e. The minimum absolute atomic E-state index is 0.533. The van der Waals surface area contributed by atoms with Crippen molar-refractivity contribution >= 4 is 16.7 Å². The molecule has 0 aliphatic heterocycles. The lowest BCUT2D eigenvalue weighted by Crippen LogP contribution is -1.84. The number of hydrogen-bond donors (Lipinski definition) is 2. The zero-order chi connectivity index (χ0) is 7.84. The number of anilines is 1. The van der Waals surface area contributed by atoms with E-state index in [0.717, 1.165) is 16.6 Å². The van der Waals surface area contributed by atoms with E-state index < -0.39 is 0 Å². The van der Waals surface area contributed by atoms with Crippen LogP contribution in [0.2, 0.25) is 0 Å². The van der Waals surface area contributed by atoms with Crippen LogP contribution in [0.25, 0.3) is 10.9 Å². The molecule has 0 bridgehead atoms. The Bertz CT molecular complexity index is 390. The van der Waals surface area contributed by atoms with Crippen molar-refractivity contribution in [2.24, 2.45) is 0 Å². The fourth-order valence-electron chi connectivity index (χ4n) is 1.10. The predicted octanol–water partition coefficient (Wildman–Crippen LogP) is 0.849. The van der Waals surface area contributed by atoms with Crippen molar-refractivity contribution in [3.8, 4) is 0 Å². The van der Waals surface area contributed by atoms with Crippen molar-refractivity contribution in [2.45, 2.75) is 6.92 Å². The number of aromatic amines is 1. The highest BCUT2D eigenvalue weighted by Crippen LogP contribution is 2.17. The Morgan fingerprint density at radius 2 is 2.36 bits per heavy atom. The molecule has 0 radical (unpaired) electrons. The van der Waals surface area contributed by atoms with Gasteiger partial charge in [-0.05, 0) is 13.0 Å². The Labute approximate surface area is 63.4 Å². The zero-order valence-corrected chi connectivity index (χ0v) is 6.13. The van der Waals surface area contributed by atoms with Gasteiger partial charge in [0.15, 0.2) is 5.82 Å². The molecule has 0 amide bonds. The van der Waals surface area contributed by atoms with Crippen LogP contribution >= 0.6 is 0 Å². The van der Waals surface area contributed by atoms with Crippen LogP contribution in [0.3, 0.4) is 0 Å². The van der Waals surface area contributed by atoms with Crippen molar-refractivity contribution in [1.82, 2.24) is 15.2 Å². The summed E-state index contributed by atoms with van der Waals surface area (Å²) >= 11 is 0. The molecule has 2 aromatic rings. The lowest BCUT2D eigenvalue weighted by molar-refractivity contribution is 1.11. The molecule has 0 saturated heterocycles. The number of nitrogens with zero attached hydrogens (tertiary/aromatic N) is 2. The van der Waals surface area contributed by atoms with E-state index in [2.05, 4.69) is 15.2 Å². The first-order valence-electron chi connectivity index (χ1n) is 3.34. The maximum Gasteiger partial charge on any atom is 0.153 e. The molecule has 0 atom stereocenters. The molecule has 0 unspecified atom stereocenters. The highest BCUT2D eigenvalue weighted by Gasteiger charge is 2.02. The number of H-pyrrole nitrogens is 1. The molecule has 4 nitrogen and oxygen atoms in total. The number of fused-ring (bicyclic) bond motifs is 1. The summed E-state index contributed by atoms with van der Waals surface area (Å²) in [5.74, 6) is 0.533. The van der Waals surface area contributed by atoms with Crippen molar-refractivity contribution in [2.75, 3.05) is 5.73 Å². The van der Waals surface area contributed by atoms with E-state index in [1.165, 1.54) is 0 Å². The van der Waals surface area contributed by atoms with E-state index in [-0.39, 0.29) is 0 Å². The van der Waals surface area contributed by atoms with Gasteiger partial charge in [0.25, 0.3) is 0 Å². The third-order valence-corrected chi connectivity index (χ3v) is 1.70. The Morgan fingerprint density at radius 3 is 3.09 bits per heavy atom. The highest BCUT2D eigenvalue weighted by molar-refractivity contribution is 5.89. The number of aromatic nitrogens is 3. The number of aryl methyl sites for hydroxylation is 1. The molecule has 0 aliphatic rings. The molecule has 0 aliphatic carbocycles. The normalized spacial score (nSPS) is 10.6. The topological polar surface area (TPSA) is 67.6 Å². The number of nitrogens with one attached hydrogen (secondary N) is 1. The molecule has 2 heterocycles. The van der Waals surface area contributed by atoms with Gasteiger partial charge in [-0.15, -0.1) is 0 Å². The minimum Gasteiger partial charge on any atom is -0.382 e. The van der Waals surface area contributed by atoms with Crippen molar-refractivity contribution < 1.29 is 0 Å². The standard InChI is InChI=1S/C7H8N4/c1-4-6-5(2-3-9-4)7(8)11-10-6/h2-3H,1H3,(H3,8,10,11). The molecular weight excluding hydrogens is 140 g/mol. The first-order valence-corrected chi connectivity index (χ1v) is 3.34. The second-order valence-corrected chi connectivity index (χ2v) is 2.43. The predicted molar refractivity (Wildman–Crippen MR) is 43.0 cm³/mol. The van der Waals surface area contributed by atoms with Crippen LogP contribution in [0.4, 0.5) is 5.82 Å². The Morgan fingerprint density at radius 1 is 1.55 bits per heavy atom. The molecule has 11 heavy (non-hydrogen) atoms. The Balaban J connectivity index is 2.94. The third kappa shape index (κ3) is 0.756. The van der Waals surface area contributed by atoms with Gasteiger partial charge in [-0.2, -0.15) is 5.10 Å². The molecule has 0 saturated carbocycles. The smallest absolute Gasteiger partial charge is 0.153 e. The van der Waals surface area contributed by atoms with Crippen LogP contribution in [0, 0.1) is 6.92 Å². The van der Waals surface area contributed by atoms with Crippen LogP contribution in [0.1, 0.15) is 5.69 Å². The van der Waals surface area contributed by atoms with E-state index in [4.69, 9.17) is 5.73 Å². The lowest BCUT2D eigenvalue weighted by Gasteiger charge is -1.91. The zero-order valence-electron chi connectivity index (χ0n) is 6.13. The van der Waals surface area contributed by atoms with Crippen molar-refractivity contribution in [1.29, 1.82) is 0 Å². The summed E-state index contributed by atoms with van der Waals surface area (Å²) in [6.07, 6.45) is 1.73. The van der Waals surface area contributed by atoms with Crippen molar-refractivity contribution in [3.63, 3.8) is 0 Å². The van der Waals surface area contributed by atoms with Gasteiger partial charge >= 0.3 is 0 Å². The van der Waals surface area contributed by atoms with Gasteiger partial charge in [-0.3, -0.25) is 10.1 Å². The van der Waals surface area contributed by atoms with Crippen LogP contribution in [-0.2, 0) is 0 Å². The fourth-order valence-corrected chi connectivity index (χ4v) is 1.10. The molecule has 4 heteroatoms. The minimum atomic E-state index is 0.533. The number of pyridine rings is 1. The van der Waals surface area contributed by atoms with E-state index in [0.29, 0.717) is 5.82 Å². The highest BCUT2D eigenvalue weighted by atomic mass is 15.2. The van der Waals surface area contributed by atoms with E-state index >= 15 is 0 Å². The summed E-state index contributed by atoms with van der Waals surface area (Å²) in [7, 11) is 0. The first-order chi connectivity index (χ1) is 5.29. The summed E-state index contributed by atoms with van der Waals surface area (Å²) in [4.78, 5) is 4.09. The summed E-state index contributed by atoms with van der Waals surface area (Å²) in [5.41, 5.74) is 7.42. The molecule has 0 spiro atoms. The van der Waals surface area contributed by atoms with Gasteiger partial charge in [0.2, 0.25) is 0 Å².